The van der Waals surface area contributed by atoms with Crippen LogP contribution in [0.2, 0.25) is 0 Å². The first-order chi connectivity index (χ1) is 16.5. The van der Waals surface area contributed by atoms with Crippen LogP contribution in [0.3, 0.4) is 0 Å². The number of carbonyl (C=O) groups is 1. The van der Waals surface area contributed by atoms with Crippen molar-refractivity contribution in [1.82, 2.24) is 0 Å². The van der Waals surface area contributed by atoms with Gasteiger partial charge in [-0.2, -0.15) is 5.26 Å². The molecule has 0 saturated heterocycles. The molecule has 0 amide bonds. The number of allylic oxidation sites excluding steroid dienone is 1. The van der Waals surface area contributed by atoms with Crippen LogP contribution >= 0.6 is 15.9 Å². The molecule has 1 aliphatic rings. The second-order valence-corrected chi connectivity index (χ2v) is 8.88. The fourth-order valence-corrected chi connectivity index (χ4v) is 4.53. The molecule has 1 atom stereocenters. The van der Waals surface area contributed by atoms with Crippen molar-refractivity contribution in [2.24, 2.45) is 5.73 Å². The zero-order valence-electron chi connectivity index (χ0n) is 18.0. The van der Waals surface area contributed by atoms with E-state index in [0.29, 0.717) is 17.1 Å². The summed E-state index contributed by atoms with van der Waals surface area (Å²) in [4.78, 5) is 12.7. The van der Waals surface area contributed by atoms with Crippen molar-refractivity contribution in [3.05, 3.63) is 118 Å². The largest absolute Gasteiger partial charge is 0.440 e. The molecule has 0 saturated carbocycles. The van der Waals surface area contributed by atoms with Crippen LogP contribution in [-0.4, -0.2) is 5.97 Å². The van der Waals surface area contributed by atoms with Gasteiger partial charge in [-0.3, -0.25) is 4.79 Å². The van der Waals surface area contributed by atoms with E-state index in [1.807, 2.05) is 72.8 Å². The molecule has 1 unspecified atom stereocenters. The summed E-state index contributed by atoms with van der Waals surface area (Å²) in [5, 5.41) is 11.8. The lowest BCUT2D eigenvalue weighted by molar-refractivity contribution is -0.133. The molecular weight excluding hydrogens is 492 g/mol. The second kappa shape index (κ2) is 9.05. The summed E-state index contributed by atoms with van der Waals surface area (Å²) in [6, 6.07) is 28.9. The van der Waals surface area contributed by atoms with Crippen LogP contribution in [0, 0.1) is 11.3 Å². The number of nitriles is 1. The first kappa shape index (κ1) is 21.7. The third-order valence-electron chi connectivity index (χ3n) is 5.84. The number of esters is 1. The van der Waals surface area contributed by atoms with Crippen LogP contribution in [0.25, 0.3) is 10.8 Å². The zero-order chi connectivity index (χ0) is 23.7. The van der Waals surface area contributed by atoms with E-state index >= 15 is 0 Å². The first-order valence-electron chi connectivity index (χ1n) is 10.7. The van der Waals surface area contributed by atoms with Gasteiger partial charge in [-0.05, 0) is 40.1 Å². The van der Waals surface area contributed by atoms with Crippen molar-refractivity contribution in [2.45, 2.75) is 12.3 Å². The fraction of sp³-hybridized carbons (Fsp3) is 0.0714. The second-order valence-electron chi connectivity index (χ2n) is 7.97. The Morgan fingerprint density at radius 1 is 1.03 bits per heavy atom. The fourth-order valence-electron chi connectivity index (χ4n) is 4.27. The van der Waals surface area contributed by atoms with Gasteiger partial charge in [0.25, 0.3) is 0 Å². The SMILES string of the molecule is N#CC1=C(N)Oc2cc(OC(=O)Cc3cccc4ccccc34)ccc2C1c1ccc(Br)cc1. The lowest BCUT2D eigenvalue weighted by Gasteiger charge is -2.26. The topological polar surface area (TPSA) is 85.3 Å². The maximum atomic E-state index is 12.7. The van der Waals surface area contributed by atoms with Crippen molar-refractivity contribution >= 4 is 32.7 Å². The molecule has 1 heterocycles. The van der Waals surface area contributed by atoms with E-state index in [1.165, 1.54) is 0 Å². The molecule has 5 rings (SSSR count). The molecule has 4 aromatic carbocycles. The Kier molecular flexibility index (Phi) is 5.79. The van der Waals surface area contributed by atoms with E-state index in [4.69, 9.17) is 15.2 Å². The molecule has 2 N–H and O–H groups in total. The summed E-state index contributed by atoms with van der Waals surface area (Å²) in [7, 11) is 0. The van der Waals surface area contributed by atoms with Crippen LogP contribution in [-0.2, 0) is 11.2 Å². The molecule has 4 aromatic rings. The van der Waals surface area contributed by atoms with Crippen molar-refractivity contribution in [1.29, 1.82) is 5.26 Å². The lowest BCUT2D eigenvalue weighted by Crippen LogP contribution is -2.21. The van der Waals surface area contributed by atoms with Crippen molar-refractivity contribution in [3.63, 3.8) is 0 Å². The smallest absolute Gasteiger partial charge is 0.315 e. The van der Waals surface area contributed by atoms with Crippen molar-refractivity contribution in [2.75, 3.05) is 0 Å². The lowest BCUT2D eigenvalue weighted by atomic mass is 9.83. The Labute approximate surface area is 205 Å². The van der Waals surface area contributed by atoms with Crippen molar-refractivity contribution in [3.8, 4) is 17.6 Å². The molecule has 0 spiro atoms. The zero-order valence-corrected chi connectivity index (χ0v) is 19.6. The summed E-state index contributed by atoms with van der Waals surface area (Å²) >= 11 is 3.44. The van der Waals surface area contributed by atoms with Crippen LogP contribution in [0.15, 0.2) is 101 Å². The van der Waals surface area contributed by atoms with Gasteiger partial charge in [0.05, 0.1) is 12.3 Å². The van der Waals surface area contributed by atoms with Crippen LogP contribution in [0.4, 0.5) is 0 Å². The predicted molar refractivity (Wildman–Crippen MR) is 133 cm³/mol. The van der Waals surface area contributed by atoms with Gasteiger partial charge in [-0.25, -0.2) is 0 Å². The highest BCUT2D eigenvalue weighted by molar-refractivity contribution is 9.10. The van der Waals surface area contributed by atoms with E-state index in [1.54, 1.807) is 12.1 Å². The minimum Gasteiger partial charge on any atom is -0.440 e. The minimum atomic E-state index is -0.377. The number of halogens is 1. The van der Waals surface area contributed by atoms with Gasteiger partial charge in [-0.15, -0.1) is 0 Å². The van der Waals surface area contributed by atoms with Gasteiger partial charge in [0.15, 0.2) is 0 Å². The molecule has 34 heavy (non-hydrogen) atoms. The normalized spacial score (nSPS) is 14.8. The van der Waals surface area contributed by atoms with Gasteiger partial charge >= 0.3 is 5.97 Å². The Balaban J connectivity index is 1.42. The van der Waals surface area contributed by atoms with Gasteiger partial charge in [0, 0.05) is 16.1 Å². The van der Waals surface area contributed by atoms with Crippen LogP contribution in [0.1, 0.15) is 22.6 Å². The highest BCUT2D eigenvalue weighted by atomic mass is 79.9. The Bertz CT molecular complexity index is 1480. The van der Waals surface area contributed by atoms with E-state index < -0.39 is 0 Å². The molecule has 0 aromatic heterocycles. The molecular formula is C28H19BrN2O3. The number of nitrogens with two attached hydrogens (primary N) is 1. The van der Waals surface area contributed by atoms with Gasteiger partial charge in [-0.1, -0.05) is 76.6 Å². The molecule has 0 radical (unpaired) electrons. The number of rotatable bonds is 4. The average molecular weight is 511 g/mol. The van der Waals surface area contributed by atoms with E-state index in [2.05, 4.69) is 22.0 Å². The van der Waals surface area contributed by atoms with Gasteiger partial charge in [0.2, 0.25) is 5.88 Å². The molecule has 166 valence electrons. The maximum Gasteiger partial charge on any atom is 0.315 e. The summed E-state index contributed by atoms with van der Waals surface area (Å²) in [6.07, 6.45) is 0.140. The molecule has 0 fully saturated rings. The van der Waals surface area contributed by atoms with Gasteiger partial charge < -0.3 is 15.2 Å². The maximum absolute atomic E-state index is 12.7. The Hall–Kier alpha value is -4.08. The molecule has 5 nitrogen and oxygen atoms in total. The minimum absolute atomic E-state index is 0.0437. The van der Waals surface area contributed by atoms with Crippen molar-refractivity contribution < 1.29 is 14.3 Å². The monoisotopic (exact) mass is 510 g/mol. The van der Waals surface area contributed by atoms with Gasteiger partial charge in [0.1, 0.15) is 23.1 Å². The van der Waals surface area contributed by atoms with Crippen LogP contribution < -0.4 is 15.2 Å². The number of hydrogen-bond acceptors (Lipinski definition) is 5. The Morgan fingerprint density at radius 3 is 2.59 bits per heavy atom. The number of ether oxygens (including phenoxy) is 2. The third-order valence-corrected chi connectivity index (χ3v) is 6.37. The highest BCUT2D eigenvalue weighted by Crippen LogP contribution is 2.43. The summed E-state index contributed by atoms with van der Waals surface area (Å²) in [5.41, 5.74) is 9.02. The average Bonchev–Trinajstić information content (AvgIpc) is 2.84. The Morgan fingerprint density at radius 2 is 1.79 bits per heavy atom. The number of nitrogens with zero attached hydrogens (tertiary/aromatic N) is 1. The van der Waals surface area contributed by atoms with Crippen LogP contribution in [0.5, 0.6) is 11.5 Å². The number of hydrogen-bond donors (Lipinski definition) is 1. The predicted octanol–water partition coefficient (Wildman–Crippen LogP) is 5.97. The van der Waals surface area contributed by atoms with E-state index in [-0.39, 0.29) is 24.2 Å². The molecule has 1 aliphatic heterocycles. The molecule has 0 aliphatic carbocycles. The number of carbonyl (C=O) groups excluding carboxylic acids is 1. The highest BCUT2D eigenvalue weighted by Gasteiger charge is 2.31. The van der Waals surface area contributed by atoms with E-state index in [0.717, 1.165) is 31.9 Å². The van der Waals surface area contributed by atoms with E-state index in [9.17, 15) is 10.1 Å². The number of fused-ring (bicyclic) bond motifs is 2. The quantitative estimate of drug-likeness (QED) is 0.270. The summed E-state index contributed by atoms with van der Waals surface area (Å²) in [5.74, 6) is 0.105. The molecule has 6 heteroatoms. The first-order valence-corrected chi connectivity index (χ1v) is 11.5. The number of benzene rings is 4. The summed E-state index contributed by atoms with van der Waals surface area (Å²) in [6.45, 7) is 0. The molecule has 0 bridgehead atoms. The summed E-state index contributed by atoms with van der Waals surface area (Å²) < 4.78 is 12.3. The standard InChI is InChI=1S/C28H19BrN2O3/c29-20-10-8-18(9-11-20)27-23-13-12-21(15-25(23)34-28(31)24(27)16-30)33-26(32)14-19-6-3-5-17-4-1-2-7-22(17)19/h1-13,15,27H,14,31H2. The third kappa shape index (κ3) is 4.14.